The number of aromatic amines is 1. The molecule has 0 radical (unpaired) electrons. The molecule has 1 fully saturated rings. The van der Waals surface area contributed by atoms with Crippen LogP contribution in [-0.4, -0.2) is 66.0 Å². The first kappa shape index (κ1) is 24.3. The van der Waals surface area contributed by atoms with E-state index in [1.54, 1.807) is 12.1 Å². The number of fused-ring (bicyclic) bond motifs is 1. The Labute approximate surface area is 214 Å². The molecular formula is C28H27FN6O2. The number of halogens is 1. The molecule has 1 saturated heterocycles. The highest BCUT2D eigenvalue weighted by molar-refractivity contribution is 5.87. The van der Waals surface area contributed by atoms with Crippen LogP contribution in [0.2, 0.25) is 0 Å². The summed E-state index contributed by atoms with van der Waals surface area (Å²) in [5, 5.41) is 3.18. The van der Waals surface area contributed by atoms with Crippen molar-refractivity contribution in [3.8, 4) is 34.7 Å². The number of benzene rings is 2. The number of carbonyl (C=O) groups excluding carboxylic acids is 1. The summed E-state index contributed by atoms with van der Waals surface area (Å²) in [6, 6.07) is 15.0. The van der Waals surface area contributed by atoms with E-state index in [4.69, 9.17) is 4.74 Å². The number of ether oxygens (including phenoxy) is 1. The average Bonchev–Trinajstić information content (AvgIpc) is 3.36. The molecule has 8 nitrogen and oxygen atoms in total. The number of hydrogen-bond donors (Lipinski definition) is 2. The number of likely N-dealkylation sites (N-methyl/N-ethyl adjacent to an activating group) is 1. The molecule has 9 heteroatoms. The van der Waals surface area contributed by atoms with Gasteiger partial charge in [0.25, 0.3) is 0 Å². The quantitative estimate of drug-likeness (QED) is 0.230. The van der Waals surface area contributed by atoms with E-state index in [0.29, 0.717) is 29.3 Å². The topological polar surface area (TPSA) is 86.4 Å². The lowest BCUT2D eigenvalue weighted by Crippen LogP contribution is -2.44. The van der Waals surface area contributed by atoms with E-state index in [0.717, 1.165) is 42.8 Å². The van der Waals surface area contributed by atoms with E-state index in [9.17, 15) is 9.18 Å². The van der Waals surface area contributed by atoms with Crippen LogP contribution in [0, 0.1) is 17.7 Å². The fraction of sp³-hybridized carbons (Fsp3) is 0.250. The van der Waals surface area contributed by atoms with E-state index in [1.807, 2.05) is 6.07 Å². The van der Waals surface area contributed by atoms with Gasteiger partial charge in [-0.1, -0.05) is 24.0 Å². The number of hydrogen-bond acceptors (Lipinski definition) is 6. The van der Waals surface area contributed by atoms with Crippen LogP contribution < -0.4 is 15.0 Å². The van der Waals surface area contributed by atoms with Crippen LogP contribution in [0.5, 0.6) is 11.6 Å². The Morgan fingerprint density at radius 3 is 2.68 bits per heavy atom. The standard InChI is InChI=1S/C28H27FN6O2/c1-34-12-14-35(15-13-34)22-7-5-20(6-8-22)26-17-24-27(33-26)31-18-32-28(24)37-23-9-10-25(29)21(16-23)4-2-3-11-30-19-36/h5-10,16-19H,4,11-15H2,1H3,(H,30,36)(H,31,32,33). The summed E-state index contributed by atoms with van der Waals surface area (Å²) < 4.78 is 20.3. The molecule has 1 amide bonds. The van der Waals surface area contributed by atoms with E-state index in [1.165, 1.54) is 18.1 Å². The summed E-state index contributed by atoms with van der Waals surface area (Å²) in [7, 11) is 2.15. The third-order valence-electron chi connectivity index (χ3n) is 6.35. The number of amides is 1. The maximum Gasteiger partial charge on any atom is 0.231 e. The first-order valence-electron chi connectivity index (χ1n) is 12.1. The van der Waals surface area contributed by atoms with Gasteiger partial charge in [-0.05, 0) is 49.0 Å². The normalized spacial score (nSPS) is 13.7. The summed E-state index contributed by atoms with van der Waals surface area (Å²) in [5.74, 6) is 6.06. The number of rotatable bonds is 7. The van der Waals surface area contributed by atoms with Crippen molar-refractivity contribution in [1.29, 1.82) is 0 Å². The Morgan fingerprint density at radius 2 is 1.89 bits per heavy atom. The molecule has 0 spiro atoms. The predicted octanol–water partition coefficient (Wildman–Crippen LogP) is 3.60. The van der Waals surface area contributed by atoms with Gasteiger partial charge in [0, 0.05) is 49.5 Å². The second kappa shape index (κ2) is 11.1. The van der Waals surface area contributed by atoms with Crippen molar-refractivity contribution >= 4 is 23.1 Å². The smallest absolute Gasteiger partial charge is 0.231 e. The fourth-order valence-electron chi connectivity index (χ4n) is 4.25. The Morgan fingerprint density at radius 1 is 1.08 bits per heavy atom. The maximum atomic E-state index is 14.3. The summed E-state index contributed by atoms with van der Waals surface area (Å²) in [4.78, 5) is 27.1. The molecular weight excluding hydrogens is 471 g/mol. The maximum absolute atomic E-state index is 14.3. The van der Waals surface area contributed by atoms with Gasteiger partial charge in [-0.25, -0.2) is 14.4 Å². The van der Waals surface area contributed by atoms with Crippen molar-refractivity contribution in [2.75, 3.05) is 44.7 Å². The third kappa shape index (κ3) is 5.71. The molecule has 5 rings (SSSR count). The Kier molecular flexibility index (Phi) is 7.28. The van der Waals surface area contributed by atoms with E-state index >= 15 is 0 Å². The van der Waals surface area contributed by atoms with Crippen LogP contribution >= 0.6 is 0 Å². The van der Waals surface area contributed by atoms with Crippen molar-refractivity contribution in [2.24, 2.45) is 0 Å². The second-order valence-corrected chi connectivity index (χ2v) is 8.85. The molecule has 188 valence electrons. The molecule has 2 N–H and O–H groups in total. The zero-order valence-electron chi connectivity index (χ0n) is 20.5. The van der Waals surface area contributed by atoms with Crippen LogP contribution in [0.4, 0.5) is 10.1 Å². The predicted molar refractivity (Wildman–Crippen MR) is 141 cm³/mol. The minimum absolute atomic E-state index is 0.196. The van der Waals surface area contributed by atoms with E-state index in [2.05, 4.69) is 73.2 Å². The zero-order chi connectivity index (χ0) is 25.6. The molecule has 0 atom stereocenters. The van der Waals surface area contributed by atoms with Crippen LogP contribution in [0.25, 0.3) is 22.3 Å². The van der Waals surface area contributed by atoms with E-state index in [-0.39, 0.29) is 18.8 Å². The van der Waals surface area contributed by atoms with Crippen molar-refractivity contribution in [3.63, 3.8) is 0 Å². The minimum Gasteiger partial charge on any atom is -0.438 e. The van der Waals surface area contributed by atoms with Gasteiger partial charge in [0.2, 0.25) is 12.3 Å². The number of nitrogens with one attached hydrogen (secondary N) is 2. The molecule has 4 aromatic rings. The summed E-state index contributed by atoms with van der Waals surface area (Å²) in [5.41, 5.74) is 4.21. The number of carbonyl (C=O) groups is 1. The van der Waals surface area contributed by atoms with Crippen LogP contribution in [-0.2, 0) is 11.2 Å². The van der Waals surface area contributed by atoms with Gasteiger partial charge >= 0.3 is 0 Å². The van der Waals surface area contributed by atoms with Crippen LogP contribution in [0.1, 0.15) is 5.56 Å². The number of nitrogens with zero attached hydrogens (tertiary/aromatic N) is 4. The van der Waals surface area contributed by atoms with Gasteiger partial charge in [0.15, 0.2) is 0 Å². The number of piperazine rings is 1. The van der Waals surface area contributed by atoms with Gasteiger partial charge < -0.3 is 24.8 Å². The highest BCUT2D eigenvalue weighted by Gasteiger charge is 2.15. The second-order valence-electron chi connectivity index (χ2n) is 8.85. The van der Waals surface area contributed by atoms with Crippen molar-refractivity contribution in [1.82, 2.24) is 25.2 Å². The Balaban J connectivity index is 1.34. The monoisotopic (exact) mass is 498 g/mol. The summed E-state index contributed by atoms with van der Waals surface area (Å²) in [6.07, 6.45) is 2.20. The average molecular weight is 499 g/mol. The molecule has 0 unspecified atom stereocenters. The first-order chi connectivity index (χ1) is 18.1. The van der Waals surface area contributed by atoms with Gasteiger partial charge in [-0.3, -0.25) is 4.79 Å². The fourth-order valence-corrected chi connectivity index (χ4v) is 4.25. The molecule has 0 bridgehead atoms. The lowest BCUT2D eigenvalue weighted by atomic mass is 10.1. The largest absolute Gasteiger partial charge is 0.438 e. The lowest BCUT2D eigenvalue weighted by Gasteiger charge is -2.34. The summed E-state index contributed by atoms with van der Waals surface area (Å²) >= 11 is 0. The van der Waals surface area contributed by atoms with Crippen molar-refractivity contribution in [2.45, 2.75) is 6.42 Å². The number of H-pyrrole nitrogens is 1. The number of anilines is 1. The Hall–Kier alpha value is -4.42. The Bertz CT molecular complexity index is 1450. The SMILES string of the molecule is CN1CCN(c2ccc(-c3cc4c(Oc5ccc(F)c(CC#CCNC=O)c5)ncnc4[nH]3)cc2)CC1. The number of aromatic nitrogens is 3. The molecule has 3 heterocycles. The van der Waals surface area contributed by atoms with Crippen molar-refractivity contribution < 1.29 is 13.9 Å². The molecule has 37 heavy (non-hydrogen) atoms. The lowest BCUT2D eigenvalue weighted by molar-refractivity contribution is -0.109. The minimum atomic E-state index is -0.373. The van der Waals surface area contributed by atoms with Gasteiger partial charge in [0.1, 0.15) is 23.5 Å². The highest BCUT2D eigenvalue weighted by atomic mass is 19.1. The first-order valence-corrected chi connectivity index (χ1v) is 12.1. The van der Waals surface area contributed by atoms with Gasteiger partial charge in [-0.2, -0.15) is 0 Å². The third-order valence-corrected chi connectivity index (χ3v) is 6.35. The zero-order valence-corrected chi connectivity index (χ0v) is 20.5. The van der Waals surface area contributed by atoms with Crippen molar-refractivity contribution in [3.05, 3.63) is 66.2 Å². The molecule has 1 aliphatic heterocycles. The van der Waals surface area contributed by atoms with Crippen LogP contribution in [0.15, 0.2) is 54.9 Å². The molecule has 0 aliphatic carbocycles. The molecule has 1 aliphatic rings. The molecule has 2 aromatic heterocycles. The van der Waals surface area contributed by atoms with Crippen LogP contribution in [0.3, 0.4) is 0 Å². The highest BCUT2D eigenvalue weighted by Crippen LogP contribution is 2.32. The summed E-state index contributed by atoms with van der Waals surface area (Å²) in [6.45, 7) is 4.38. The van der Waals surface area contributed by atoms with Gasteiger partial charge in [-0.15, -0.1) is 0 Å². The molecule has 2 aromatic carbocycles. The molecule has 0 saturated carbocycles. The van der Waals surface area contributed by atoms with E-state index < -0.39 is 0 Å². The van der Waals surface area contributed by atoms with Gasteiger partial charge in [0.05, 0.1) is 11.9 Å².